The van der Waals surface area contributed by atoms with E-state index in [0.29, 0.717) is 0 Å². The fraction of sp³-hybridized carbons (Fsp3) is 0.0690. The van der Waals surface area contributed by atoms with Crippen molar-refractivity contribution in [3.63, 3.8) is 0 Å². The van der Waals surface area contributed by atoms with Gasteiger partial charge in [-0.2, -0.15) is 0 Å². The van der Waals surface area contributed by atoms with Crippen molar-refractivity contribution in [2.24, 2.45) is 9.98 Å². The number of benzene rings is 4. The van der Waals surface area contributed by atoms with Crippen LogP contribution in [0.25, 0.3) is 0 Å². The maximum atomic E-state index is 9.62. The third-order valence-corrected chi connectivity index (χ3v) is 4.58. The summed E-state index contributed by atoms with van der Waals surface area (Å²) in [5.74, 6) is 0.510. The van der Waals surface area contributed by atoms with Crippen LogP contribution in [-0.4, -0.2) is 22.6 Å². The van der Waals surface area contributed by atoms with E-state index in [1.54, 1.807) is 24.6 Å². The van der Waals surface area contributed by atoms with Gasteiger partial charge < -0.3 is 17.6 Å². The van der Waals surface area contributed by atoms with Gasteiger partial charge in [-0.15, -0.1) is 0 Å². The molecule has 0 aliphatic heterocycles. The van der Waals surface area contributed by atoms with Crippen molar-refractivity contribution in [3.05, 3.63) is 127 Å². The second-order valence-electron chi connectivity index (χ2n) is 7.31. The van der Waals surface area contributed by atoms with Crippen LogP contribution in [0.4, 0.5) is 11.4 Å². The van der Waals surface area contributed by atoms with Crippen LogP contribution in [0.3, 0.4) is 0 Å². The summed E-state index contributed by atoms with van der Waals surface area (Å²) in [6.45, 7) is 3.97. The van der Waals surface area contributed by atoms with Crippen LogP contribution in [-0.2, 0) is 19.4 Å². The van der Waals surface area contributed by atoms with Crippen LogP contribution < -0.4 is 0 Å². The molecule has 0 aliphatic rings. The maximum absolute atomic E-state index is 9.62. The van der Waals surface area contributed by atoms with E-state index >= 15 is 0 Å². The number of aliphatic imine (C=N–C) groups is 2. The molecule has 0 fully saturated rings. The predicted molar refractivity (Wildman–Crippen MR) is 145 cm³/mol. The van der Waals surface area contributed by atoms with E-state index in [9.17, 15) is 10.2 Å². The molecule has 0 spiro atoms. The Morgan fingerprint density at radius 1 is 0.600 bits per heavy atom. The zero-order valence-corrected chi connectivity index (χ0v) is 22.4. The number of halogens is 1. The average molecular weight is 521 g/mol. The van der Waals surface area contributed by atoms with Crippen molar-refractivity contribution >= 4 is 33.1 Å². The fourth-order valence-electron chi connectivity index (χ4n) is 2.87. The summed E-state index contributed by atoms with van der Waals surface area (Å²) in [6, 6.07) is 30.2. The molecule has 4 aromatic rings. The molecule has 35 heavy (non-hydrogen) atoms. The van der Waals surface area contributed by atoms with Crippen LogP contribution in [0.1, 0.15) is 22.3 Å². The Hall–Kier alpha value is -3.18. The van der Waals surface area contributed by atoms with Gasteiger partial charge >= 0.3 is 28.7 Å². The van der Waals surface area contributed by atoms with E-state index in [-0.39, 0.29) is 18.9 Å². The quantitative estimate of drug-likeness (QED) is 0.162. The minimum atomic E-state index is 0. The number of hydrogen-bond donors (Lipinski definition) is 2. The average Bonchev–Trinajstić information content (AvgIpc) is 2.88. The van der Waals surface area contributed by atoms with Crippen molar-refractivity contribution in [3.8, 4) is 11.5 Å². The Kier molecular flexibility index (Phi) is 14.0. The topological polar surface area (TPSA) is 65.2 Å². The third-order valence-electron chi connectivity index (χ3n) is 4.58. The van der Waals surface area contributed by atoms with Crippen LogP contribution in [0.15, 0.2) is 107 Å². The fourth-order valence-corrected chi connectivity index (χ4v) is 2.87. The molecule has 6 heteroatoms. The molecule has 0 saturated carbocycles. The number of nitrogens with zero attached hydrogens (tertiary/aromatic N) is 2. The molecule has 4 rings (SSSR count). The molecule has 0 radical (unpaired) electrons. The number of phenolic OH excluding ortho intramolecular Hbond substituents is 2. The van der Waals surface area contributed by atoms with Crippen LogP contribution in [0, 0.1) is 21.3 Å². The van der Waals surface area contributed by atoms with E-state index < -0.39 is 0 Å². The summed E-state index contributed by atoms with van der Waals surface area (Å²) in [5, 5.41) is 19.2. The van der Waals surface area contributed by atoms with Crippen molar-refractivity contribution in [2.75, 3.05) is 0 Å². The van der Waals surface area contributed by atoms with Crippen LogP contribution in [0.2, 0.25) is 0 Å². The second-order valence-corrected chi connectivity index (χ2v) is 7.31. The van der Waals surface area contributed by atoms with Crippen molar-refractivity contribution in [1.82, 2.24) is 0 Å². The summed E-state index contributed by atoms with van der Waals surface area (Å²) in [7, 11) is 4.64. The van der Waals surface area contributed by atoms with Crippen molar-refractivity contribution in [1.29, 1.82) is 0 Å². The van der Waals surface area contributed by atoms with Gasteiger partial charge in [-0.25, -0.2) is 0 Å². The zero-order chi connectivity index (χ0) is 24.8. The molecule has 2 N–H and O–H groups in total. The first-order valence-corrected chi connectivity index (χ1v) is 12.6. The SMILES string of the molecule is Cc1ccc(O)c(C=Nc2ccccc2)c1.Cc1ccc(O)c(C=Nc2ccccc2)c1.[CH3-].[Cl][Ti+]. The first-order chi connectivity index (χ1) is 16.5. The van der Waals surface area contributed by atoms with E-state index in [0.717, 1.165) is 33.6 Å². The molecular formula is C29H29ClN2O2Ti. The summed E-state index contributed by atoms with van der Waals surface area (Å²) >= 11 is 1.47. The molecular weight excluding hydrogens is 492 g/mol. The number of hydrogen-bond acceptors (Lipinski definition) is 4. The van der Waals surface area contributed by atoms with Gasteiger partial charge in [0.15, 0.2) is 0 Å². The summed E-state index contributed by atoms with van der Waals surface area (Å²) in [6.07, 6.45) is 3.36. The Labute approximate surface area is 224 Å². The zero-order valence-electron chi connectivity index (χ0n) is 20.1. The number of para-hydroxylation sites is 2. The monoisotopic (exact) mass is 520 g/mol. The van der Waals surface area contributed by atoms with Crippen LogP contribution in [0.5, 0.6) is 11.5 Å². The normalized spacial score (nSPS) is 10.0. The molecule has 0 heterocycles. The predicted octanol–water partition coefficient (Wildman–Crippen LogP) is 8.04. The molecule has 0 saturated heterocycles. The Balaban J connectivity index is 0.000000318. The van der Waals surface area contributed by atoms with E-state index in [1.807, 2.05) is 98.8 Å². The van der Waals surface area contributed by atoms with Gasteiger partial charge in [0.05, 0.1) is 11.4 Å². The molecule has 0 amide bonds. The summed E-state index contributed by atoms with van der Waals surface area (Å²) < 4.78 is 0. The molecule has 0 bridgehead atoms. The Morgan fingerprint density at radius 2 is 0.943 bits per heavy atom. The first kappa shape index (κ1) is 29.9. The molecule has 4 nitrogen and oxygen atoms in total. The van der Waals surface area contributed by atoms with E-state index in [4.69, 9.17) is 0 Å². The van der Waals surface area contributed by atoms with Gasteiger partial charge in [-0.05, 0) is 62.4 Å². The van der Waals surface area contributed by atoms with Gasteiger partial charge in [-0.1, -0.05) is 59.7 Å². The number of aryl methyl sites for hydroxylation is 2. The first-order valence-electron chi connectivity index (χ1n) is 10.5. The molecule has 0 unspecified atom stereocenters. The van der Waals surface area contributed by atoms with Gasteiger partial charge in [0, 0.05) is 23.6 Å². The minimum absolute atomic E-state index is 0. The van der Waals surface area contributed by atoms with Gasteiger partial charge in [0.1, 0.15) is 11.5 Å². The molecule has 0 aliphatic carbocycles. The third kappa shape index (κ3) is 10.7. The van der Waals surface area contributed by atoms with Gasteiger partial charge in [0.2, 0.25) is 0 Å². The molecule has 178 valence electrons. The van der Waals surface area contributed by atoms with E-state index in [2.05, 4.69) is 19.3 Å². The molecule has 4 aromatic carbocycles. The molecule has 0 atom stereocenters. The standard InChI is InChI=1S/2C14H13NO.CH3.ClH.Ti/c2*1-11-7-8-14(16)12(9-11)10-15-13-5-3-2-4-6-13;;;/h2*2-10,16H,1H3;1H3;1H;/q;;-1;;+2/p-1. The Morgan fingerprint density at radius 3 is 1.29 bits per heavy atom. The van der Waals surface area contributed by atoms with Crippen molar-refractivity contribution in [2.45, 2.75) is 13.8 Å². The Bertz CT molecular complexity index is 1120. The second kappa shape index (κ2) is 16.5. The van der Waals surface area contributed by atoms with E-state index in [1.165, 1.54) is 19.4 Å². The number of phenols is 2. The number of rotatable bonds is 4. The summed E-state index contributed by atoms with van der Waals surface area (Å²) in [4.78, 5) is 8.59. The van der Waals surface area contributed by atoms with Gasteiger partial charge in [-0.3, -0.25) is 9.98 Å². The molecule has 0 aromatic heterocycles. The van der Waals surface area contributed by atoms with Gasteiger partial charge in [0.25, 0.3) is 0 Å². The van der Waals surface area contributed by atoms with Crippen LogP contribution >= 0.6 is 9.30 Å². The summed E-state index contributed by atoms with van der Waals surface area (Å²) in [5.41, 5.74) is 5.44. The van der Waals surface area contributed by atoms with Crippen molar-refractivity contribution < 1.29 is 29.6 Å². The number of aromatic hydroxyl groups is 2.